The van der Waals surface area contributed by atoms with E-state index in [4.69, 9.17) is 9.31 Å². The second-order valence-electron chi connectivity index (χ2n) is 5.15. The minimum atomic E-state index is -2.42. The van der Waals surface area contributed by atoms with Crippen LogP contribution in [0, 0.1) is 0 Å². The topological polar surface area (TPSA) is 18.5 Å². The van der Waals surface area contributed by atoms with Crippen molar-refractivity contribution in [1.29, 1.82) is 0 Å². The van der Waals surface area contributed by atoms with Crippen LogP contribution >= 0.6 is 0 Å². The first kappa shape index (κ1) is 14.6. The largest absolute Gasteiger partial charge is 0.524 e. The van der Waals surface area contributed by atoms with Crippen molar-refractivity contribution in [2.24, 2.45) is 0 Å². The van der Waals surface area contributed by atoms with Crippen molar-refractivity contribution in [1.82, 2.24) is 0 Å². The summed E-state index contributed by atoms with van der Waals surface area (Å²) in [4.78, 5) is 0. The smallest absolute Gasteiger partial charge is 0.398 e. The first-order valence-corrected chi connectivity index (χ1v) is 5.65. The third kappa shape index (κ3) is 3.49. The molecule has 0 N–H and O–H groups in total. The van der Waals surface area contributed by atoms with Gasteiger partial charge in [-0.25, -0.2) is 13.2 Å². The predicted octanol–water partition coefficient (Wildman–Crippen LogP) is 3.52. The van der Waals surface area contributed by atoms with Gasteiger partial charge >= 0.3 is 7.12 Å². The van der Waals surface area contributed by atoms with Gasteiger partial charge in [0.15, 0.2) is 0 Å². The number of hydrogen-bond acceptors (Lipinski definition) is 2. The molecule has 1 rings (SSSR count). The third-order valence-electron chi connectivity index (χ3n) is 3.20. The predicted molar refractivity (Wildman–Crippen MR) is 60.5 cm³/mol. The number of hydrogen-bond donors (Lipinski definition) is 0. The van der Waals surface area contributed by atoms with Crippen molar-refractivity contribution in [2.75, 3.05) is 0 Å². The van der Waals surface area contributed by atoms with Crippen LogP contribution in [0.4, 0.5) is 13.2 Å². The fraction of sp³-hybridized carbons (Fsp3) is 0.818. The number of allylic oxidation sites excluding steroid dienone is 1. The lowest BCUT2D eigenvalue weighted by Crippen LogP contribution is -2.41. The normalized spacial score (nSPS) is 23.5. The maximum atomic E-state index is 13.6. The van der Waals surface area contributed by atoms with E-state index in [1.54, 1.807) is 27.7 Å². The maximum absolute atomic E-state index is 13.6. The van der Waals surface area contributed by atoms with Crippen LogP contribution in [0.1, 0.15) is 40.5 Å². The summed E-state index contributed by atoms with van der Waals surface area (Å²) in [6.45, 7) is 7.22. The minimum Gasteiger partial charge on any atom is -0.398 e. The Hall–Kier alpha value is -0.485. The molecule has 0 spiro atoms. The zero-order valence-electron chi connectivity index (χ0n) is 10.6. The monoisotopic (exact) mass is 250 g/mol. The Labute approximate surface area is 100 Å². The van der Waals surface area contributed by atoms with Crippen LogP contribution in [0.15, 0.2) is 11.8 Å². The maximum Gasteiger partial charge on any atom is 0.524 e. The van der Waals surface area contributed by atoms with E-state index in [-0.39, 0.29) is 12.8 Å². The molecule has 0 aromatic carbocycles. The molecule has 1 fully saturated rings. The van der Waals surface area contributed by atoms with Crippen molar-refractivity contribution in [3.8, 4) is 0 Å². The SMILES string of the molecule is CC1(C)OB(C(F)=CCCC(F)F)OC1(C)C. The van der Waals surface area contributed by atoms with E-state index >= 15 is 0 Å². The van der Waals surface area contributed by atoms with Gasteiger partial charge in [0.2, 0.25) is 6.43 Å². The van der Waals surface area contributed by atoms with Gasteiger partial charge in [-0.05, 0) is 34.1 Å². The lowest BCUT2D eigenvalue weighted by Gasteiger charge is -2.32. The Bertz CT molecular complexity index is 287. The molecule has 0 bridgehead atoms. The van der Waals surface area contributed by atoms with E-state index in [1.165, 1.54) is 0 Å². The summed E-state index contributed by atoms with van der Waals surface area (Å²) in [6.07, 6.45) is -1.69. The van der Waals surface area contributed by atoms with Gasteiger partial charge in [0.25, 0.3) is 0 Å². The Morgan fingerprint density at radius 1 is 1.18 bits per heavy atom. The minimum absolute atomic E-state index is 0.0203. The number of alkyl halides is 2. The lowest BCUT2D eigenvalue weighted by molar-refractivity contribution is 0.00578. The van der Waals surface area contributed by atoms with Gasteiger partial charge in [-0.1, -0.05) is 6.08 Å². The molecule has 1 aliphatic heterocycles. The Morgan fingerprint density at radius 2 is 1.65 bits per heavy atom. The van der Waals surface area contributed by atoms with Crippen LogP contribution in [0.3, 0.4) is 0 Å². The molecular formula is C11H18BF3O2. The summed E-state index contributed by atoms with van der Waals surface area (Å²) in [5, 5.41) is 0. The van der Waals surface area contributed by atoms with E-state index in [0.29, 0.717) is 0 Å². The third-order valence-corrected chi connectivity index (χ3v) is 3.20. The van der Waals surface area contributed by atoms with E-state index < -0.39 is 30.5 Å². The van der Waals surface area contributed by atoms with Crippen LogP contribution in [-0.4, -0.2) is 24.7 Å². The fourth-order valence-corrected chi connectivity index (χ4v) is 1.40. The zero-order chi connectivity index (χ0) is 13.3. The standard InChI is InChI=1S/C11H18BF3O2/c1-10(2)11(3,4)17-12(16-10)8(13)6-5-7-9(14)15/h6,9H,5,7H2,1-4H3. The molecular weight excluding hydrogens is 232 g/mol. The Morgan fingerprint density at radius 3 is 2.06 bits per heavy atom. The molecule has 1 saturated heterocycles. The molecule has 0 aromatic rings. The van der Waals surface area contributed by atoms with Crippen LogP contribution in [0.5, 0.6) is 0 Å². The van der Waals surface area contributed by atoms with Gasteiger partial charge in [0.05, 0.1) is 11.2 Å². The second-order valence-corrected chi connectivity index (χ2v) is 5.15. The first-order chi connectivity index (χ1) is 7.66. The van der Waals surface area contributed by atoms with Crippen LogP contribution in [0.25, 0.3) is 0 Å². The summed E-state index contributed by atoms with van der Waals surface area (Å²) in [5.41, 5.74) is -1.87. The average Bonchev–Trinajstić information content (AvgIpc) is 2.35. The molecule has 1 aliphatic rings. The summed E-state index contributed by atoms with van der Waals surface area (Å²) < 4.78 is 48.3. The number of halogens is 3. The van der Waals surface area contributed by atoms with E-state index in [0.717, 1.165) is 6.08 Å². The molecule has 0 radical (unpaired) electrons. The zero-order valence-corrected chi connectivity index (χ0v) is 10.6. The van der Waals surface area contributed by atoms with E-state index in [1.807, 2.05) is 0 Å². The van der Waals surface area contributed by atoms with E-state index in [2.05, 4.69) is 0 Å². The highest BCUT2D eigenvalue weighted by atomic mass is 19.3. The van der Waals surface area contributed by atoms with Gasteiger partial charge in [-0.2, -0.15) is 0 Å². The highest BCUT2D eigenvalue weighted by molar-refractivity contribution is 6.53. The lowest BCUT2D eigenvalue weighted by atomic mass is 9.87. The van der Waals surface area contributed by atoms with Crippen molar-refractivity contribution in [3.05, 3.63) is 11.8 Å². The number of rotatable bonds is 4. The van der Waals surface area contributed by atoms with Gasteiger partial charge in [-0.3, -0.25) is 0 Å². The molecule has 2 nitrogen and oxygen atoms in total. The summed E-state index contributed by atoms with van der Waals surface area (Å²) in [7, 11) is -1.09. The van der Waals surface area contributed by atoms with Gasteiger partial charge in [-0.15, -0.1) is 0 Å². The fourth-order valence-electron chi connectivity index (χ4n) is 1.40. The molecule has 0 atom stereocenters. The molecule has 6 heteroatoms. The Balaban J connectivity index is 2.59. The molecule has 0 amide bonds. The van der Waals surface area contributed by atoms with E-state index in [9.17, 15) is 13.2 Å². The van der Waals surface area contributed by atoms with Gasteiger partial charge < -0.3 is 9.31 Å². The highest BCUT2D eigenvalue weighted by Gasteiger charge is 2.52. The molecule has 0 saturated carbocycles. The molecule has 98 valence electrons. The van der Waals surface area contributed by atoms with Crippen LogP contribution < -0.4 is 0 Å². The first-order valence-electron chi connectivity index (χ1n) is 5.65. The molecule has 17 heavy (non-hydrogen) atoms. The molecule has 1 heterocycles. The average molecular weight is 250 g/mol. The van der Waals surface area contributed by atoms with Gasteiger partial charge in [0.1, 0.15) is 5.73 Å². The second kappa shape index (κ2) is 5.02. The van der Waals surface area contributed by atoms with Crippen molar-refractivity contribution < 1.29 is 22.5 Å². The summed E-state index contributed by atoms with van der Waals surface area (Å²) in [5.74, 6) is 0. The van der Waals surface area contributed by atoms with Crippen molar-refractivity contribution in [2.45, 2.75) is 58.2 Å². The molecule has 0 unspecified atom stereocenters. The molecule has 0 aliphatic carbocycles. The summed E-state index contributed by atoms with van der Waals surface area (Å²) >= 11 is 0. The van der Waals surface area contributed by atoms with Crippen LogP contribution in [-0.2, 0) is 9.31 Å². The van der Waals surface area contributed by atoms with Crippen molar-refractivity contribution >= 4 is 7.12 Å². The quantitative estimate of drug-likeness (QED) is 0.710. The Kier molecular flexibility index (Phi) is 4.30. The summed E-state index contributed by atoms with van der Waals surface area (Å²) in [6, 6.07) is 0. The molecule has 0 aromatic heterocycles. The van der Waals surface area contributed by atoms with Crippen molar-refractivity contribution in [3.63, 3.8) is 0 Å². The van der Waals surface area contributed by atoms with Gasteiger partial charge in [0, 0.05) is 6.42 Å². The highest BCUT2D eigenvalue weighted by Crippen LogP contribution is 2.38. The van der Waals surface area contributed by atoms with Crippen LogP contribution in [0.2, 0.25) is 0 Å².